The predicted octanol–water partition coefficient (Wildman–Crippen LogP) is 2.73. The topological polar surface area (TPSA) is 102 Å². The van der Waals surface area contributed by atoms with Gasteiger partial charge in [-0.2, -0.15) is 9.57 Å². The summed E-state index contributed by atoms with van der Waals surface area (Å²) < 4.78 is 40.4. The van der Waals surface area contributed by atoms with E-state index in [4.69, 9.17) is 9.97 Å². The summed E-state index contributed by atoms with van der Waals surface area (Å²) in [7, 11) is -3.69. The molecule has 1 aliphatic carbocycles. The number of benzene rings is 2. The Kier molecular flexibility index (Phi) is 5.15. The largest absolute Gasteiger partial charge is 0.364 e. The Bertz CT molecular complexity index is 1310. The minimum absolute atomic E-state index is 0.0815. The van der Waals surface area contributed by atoms with E-state index in [9.17, 15) is 18.1 Å². The van der Waals surface area contributed by atoms with Crippen LogP contribution in [-0.2, 0) is 10.0 Å². The van der Waals surface area contributed by atoms with E-state index >= 15 is 0 Å². The van der Waals surface area contributed by atoms with Crippen molar-refractivity contribution in [2.45, 2.75) is 23.8 Å². The molecule has 8 nitrogen and oxygen atoms in total. The van der Waals surface area contributed by atoms with E-state index in [0.717, 1.165) is 25.0 Å². The van der Waals surface area contributed by atoms with E-state index in [1.165, 1.54) is 16.4 Å². The minimum Gasteiger partial charge on any atom is -0.364 e. The zero-order chi connectivity index (χ0) is 22.3. The number of sulfonamides is 1. The predicted molar refractivity (Wildman–Crippen MR) is 118 cm³/mol. The third-order valence-corrected chi connectivity index (χ3v) is 7.60. The first-order valence-corrected chi connectivity index (χ1v) is 11.9. The van der Waals surface area contributed by atoms with Crippen LogP contribution in [0.3, 0.4) is 0 Å². The molecule has 2 aromatic carbocycles. The van der Waals surface area contributed by atoms with Crippen LogP contribution in [-0.4, -0.2) is 54.9 Å². The molecule has 1 N–H and O–H groups in total. The number of rotatable bonds is 5. The van der Waals surface area contributed by atoms with Crippen molar-refractivity contribution in [1.82, 2.24) is 14.3 Å². The van der Waals surface area contributed by atoms with Crippen molar-refractivity contribution in [3.63, 3.8) is 0 Å². The first-order valence-electron chi connectivity index (χ1n) is 10.4. The van der Waals surface area contributed by atoms with E-state index < -0.39 is 15.8 Å². The Morgan fingerprint density at radius 3 is 2.38 bits per heavy atom. The second-order valence-corrected chi connectivity index (χ2v) is 9.91. The molecule has 164 valence electrons. The maximum absolute atomic E-state index is 13.2. The van der Waals surface area contributed by atoms with Crippen LogP contribution in [0.4, 0.5) is 16.0 Å². The van der Waals surface area contributed by atoms with Gasteiger partial charge in [-0.15, -0.1) is 0 Å². The van der Waals surface area contributed by atoms with Crippen molar-refractivity contribution in [2.24, 2.45) is 0 Å². The number of halogens is 1. The Hall–Kier alpha value is -3.29. The molecule has 2 aliphatic rings. The highest BCUT2D eigenvalue weighted by Crippen LogP contribution is 2.32. The number of nitrogens with one attached hydrogen (secondary N) is 1. The third-order valence-electron chi connectivity index (χ3n) is 5.68. The van der Waals surface area contributed by atoms with Gasteiger partial charge in [0.05, 0.1) is 27.6 Å². The molecule has 1 saturated heterocycles. The molecule has 1 aliphatic heterocycles. The van der Waals surface area contributed by atoms with Gasteiger partial charge in [-0.25, -0.2) is 22.8 Å². The Morgan fingerprint density at radius 1 is 1.00 bits per heavy atom. The van der Waals surface area contributed by atoms with Crippen LogP contribution in [0.1, 0.15) is 18.4 Å². The van der Waals surface area contributed by atoms with Crippen LogP contribution in [0.15, 0.2) is 47.4 Å². The molecule has 32 heavy (non-hydrogen) atoms. The summed E-state index contributed by atoms with van der Waals surface area (Å²) in [6, 6.07) is 12.6. The molecule has 2 heterocycles. The highest BCUT2D eigenvalue weighted by molar-refractivity contribution is 7.89. The highest BCUT2D eigenvalue weighted by Gasteiger charge is 2.31. The zero-order valence-corrected chi connectivity index (χ0v) is 18.0. The lowest BCUT2D eigenvalue weighted by molar-refractivity contribution is 0.384. The van der Waals surface area contributed by atoms with Crippen LogP contribution in [0.25, 0.3) is 11.0 Å². The van der Waals surface area contributed by atoms with Gasteiger partial charge in [-0.3, -0.25) is 0 Å². The van der Waals surface area contributed by atoms with Crippen LogP contribution in [0, 0.1) is 17.1 Å². The molecule has 0 spiro atoms. The van der Waals surface area contributed by atoms with Crippen molar-refractivity contribution in [1.29, 1.82) is 5.26 Å². The van der Waals surface area contributed by atoms with Gasteiger partial charge in [-0.1, -0.05) is 0 Å². The molecule has 0 atom stereocenters. The fraction of sp³-hybridized carbons (Fsp3) is 0.318. The van der Waals surface area contributed by atoms with Gasteiger partial charge in [0.15, 0.2) is 11.6 Å². The molecule has 0 bridgehead atoms. The standard InChI is InChI=1S/C22H21FN6O2S/c23-16-2-6-18(7-3-16)32(30,31)29-11-9-28(10-12-29)22-21(25-17-4-5-17)26-19-8-1-15(14-24)13-20(19)27-22/h1-3,6-8,13,17H,4-5,9-12H2,(H,25,26). The minimum atomic E-state index is -3.69. The first kappa shape index (κ1) is 20.6. The number of hydrogen-bond donors (Lipinski definition) is 1. The van der Waals surface area contributed by atoms with Gasteiger partial charge in [0, 0.05) is 32.2 Å². The lowest BCUT2D eigenvalue weighted by Crippen LogP contribution is -2.49. The first-order chi connectivity index (χ1) is 15.4. The fourth-order valence-electron chi connectivity index (χ4n) is 3.75. The summed E-state index contributed by atoms with van der Waals surface area (Å²) in [4.78, 5) is 11.6. The lowest BCUT2D eigenvalue weighted by atomic mass is 10.2. The average Bonchev–Trinajstić information content (AvgIpc) is 3.63. The van der Waals surface area contributed by atoms with Gasteiger partial charge >= 0.3 is 0 Å². The van der Waals surface area contributed by atoms with Crippen molar-refractivity contribution in [2.75, 3.05) is 36.4 Å². The second kappa shape index (κ2) is 8.00. The summed E-state index contributed by atoms with van der Waals surface area (Å²) >= 11 is 0. The van der Waals surface area contributed by atoms with Gasteiger partial charge in [-0.05, 0) is 55.3 Å². The van der Waals surface area contributed by atoms with Gasteiger partial charge in [0.2, 0.25) is 10.0 Å². The van der Waals surface area contributed by atoms with E-state index in [0.29, 0.717) is 47.4 Å². The number of nitriles is 1. The fourth-order valence-corrected chi connectivity index (χ4v) is 5.17. The van der Waals surface area contributed by atoms with Gasteiger partial charge in [0.1, 0.15) is 5.82 Å². The van der Waals surface area contributed by atoms with E-state index in [2.05, 4.69) is 11.4 Å². The summed E-state index contributed by atoms with van der Waals surface area (Å²) in [6.07, 6.45) is 2.16. The third kappa shape index (κ3) is 3.97. The van der Waals surface area contributed by atoms with Crippen molar-refractivity contribution in [3.8, 4) is 6.07 Å². The molecule has 10 heteroatoms. The van der Waals surface area contributed by atoms with Crippen molar-refractivity contribution in [3.05, 3.63) is 53.8 Å². The maximum atomic E-state index is 13.2. The Labute approximate surface area is 185 Å². The smallest absolute Gasteiger partial charge is 0.243 e. The van der Waals surface area contributed by atoms with E-state index in [1.807, 2.05) is 4.90 Å². The molecule has 1 aromatic heterocycles. The summed E-state index contributed by atoms with van der Waals surface area (Å²) in [5.74, 6) is 0.872. The molecule has 1 saturated carbocycles. The summed E-state index contributed by atoms with van der Waals surface area (Å²) in [6.45, 7) is 1.44. The number of anilines is 2. The van der Waals surface area contributed by atoms with Crippen LogP contribution < -0.4 is 10.2 Å². The number of piperazine rings is 1. The van der Waals surface area contributed by atoms with Gasteiger partial charge < -0.3 is 10.2 Å². The van der Waals surface area contributed by atoms with Crippen LogP contribution >= 0.6 is 0 Å². The molecule has 5 rings (SSSR count). The average molecular weight is 453 g/mol. The maximum Gasteiger partial charge on any atom is 0.243 e. The quantitative estimate of drug-likeness (QED) is 0.635. The Morgan fingerprint density at radius 2 is 1.72 bits per heavy atom. The lowest BCUT2D eigenvalue weighted by Gasteiger charge is -2.35. The normalized spacial score (nSPS) is 17.3. The number of aromatic nitrogens is 2. The molecule has 3 aromatic rings. The van der Waals surface area contributed by atoms with E-state index in [-0.39, 0.29) is 18.0 Å². The number of hydrogen-bond acceptors (Lipinski definition) is 7. The molecular formula is C22H21FN6O2S. The summed E-state index contributed by atoms with van der Waals surface area (Å²) in [5, 5.41) is 12.6. The molecule has 2 fully saturated rings. The molecular weight excluding hydrogens is 431 g/mol. The van der Waals surface area contributed by atoms with Crippen molar-refractivity contribution < 1.29 is 12.8 Å². The van der Waals surface area contributed by atoms with Crippen LogP contribution in [0.2, 0.25) is 0 Å². The molecule has 0 amide bonds. The SMILES string of the molecule is N#Cc1ccc2nc(NC3CC3)c(N3CCN(S(=O)(=O)c4ccc(F)cc4)CC3)nc2c1. The Balaban J connectivity index is 1.41. The van der Waals surface area contributed by atoms with Crippen molar-refractivity contribution >= 4 is 32.7 Å². The summed E-state index contributed by atoms with van der Waals surface area (Å²) in [5.41, 5.74) is 1.84. The van der Waals surface area contributed by atoms with E-state index in [1.54, 1.807) is 18.2 Å². The number of fused-ring (bicyclic) bond motifs is 1. The zero-order valence-electron chi connectivity index (χ0n) is 17.2. The number of nitrogens with zero attached hydrogens (tertiary/aromatic N) is 5. The van der Waals surface area contributed by atoms with Gasteiger partial charge in [0.25, 0.3) is 0 Å². The molecule has 0 unspecified atom stereocenters. The molecule has 0 radical (unpaired) electrons. The highest BCUT2D eigenvalue weighted by atomic mass is 32.2. The van der Waals surface area contributed by atoms with Crippen LogP contribution in [0.5, 0.6) is 0 Å². The second-order valence-electron chi connectivity index (χ2n) is 7.97. The monoisotopic (exact) mass is 452 g/mol.